The minimum Gasteiger partial charge on any atom is -0.336 e. The molecule has 2 aromatic carbocycles. The summed E-state index contributed by atoms with van der Waals surface area (Å²) in [5.74, 6) is 0. The van der Waals surface area contributed by atoms with E-state index in [4.69, 9.17) is 11.6 Å². The molecule has 0 aromatic heterocycles. The molecule has 0 fully saturated rings. The monoisotopic (exact) mass is 256 g/mol. The van der Waals surface area contributed by atoms with Crippen molar-refractivity contribution in [2.75, 3.05) is 11.9 Å². The van der Waals surface area contributed by atoms with Gasteiger partial charge in [0.2, 0.25) is 0 Å². The van der Waals surface area contributed by atoms with E-state index in [2.05, 4.69) is 17.1 Å². The molecule has 0 amide bonds. The Hall–Kier alpha value is -1.80. The highest BCUT2D eigenvalue weighted by Gasteiger charge is 2.21. The van der Waals surface area contributed by atoms with Crippen LogP contribution in [0.15, 0.2) is 53.5 Å². The van der Waals surface area contributed by atoms with E-state index >= 15 is 0 Å². The number of hydrogen-bond donors (Lipinski definition) is 0. The Balaban J connectivity index is 2.14. The standard InChI is InChI=1S/C15H13ClN2/c1-18-10-17-15(11-5-3-2-4-6-11)13-9-12(16)7-8-14(13)18/h2-10,15H,1H3. The van der Waals surface area contributed by atoms with Crippen LogP contribution in [0.5, 0.6) is 0 Å². The minimum atomic E-state index is 0.0381. The van der Waals surface area contributed by atoms with Crippen LogP contribution in [0.25, 0.3) is 0 Å². The summed E-state index contributed by atoms with van der Waals surface area (Å²) < 4.78 is 0. The molecule has 2 nitrogen and oxygen atoms in total. The third kappa shape index (κ3) is 1.89. The van der Waals surface area contributed by atoms with E-state index in [1.165, 1.54) is 5.56 Å². The van der Waals surface area contributed by atoms with E-state index in [9.17, 15) is 0 Å². The quantitative estimate of drug-likeness (QED) is 0.755. The lowest BCUT2D eigenvalue weighted by atomic mass is 9.96. The maximum atomic E-state index is 6.11. The first-order valence-electron chi connectivity index (χ1n) is 5.86. The number of fused-ring (bicyclic) bond motifs is 1. The van der Waals surface area contributed by atoms with Crippen molar-refractivity contribution in [2.45, 2.75) is 6.04 Å². The summed E-state index contributed by atoms with van der Waals surface area (Å²) in [5.41, 5.74) is 3.49. The lowest BCUT2D eigenvalue weighted by Crippen LogP contribution is -2.22. The fourth-order valence-corrected chi connectivity index (χ4v) is 2.46. The first kappa shape index (κ1) is 11.3. The van der Waals surface area contributed by atoms with E-state index in [0.29, 0.717) is 0 Å². The van der Waals surface area contributed by atoms with Gasteiger partial charge in [0.1, 0.15) is 6.04 Å². The van der Waals surface area contributed by atoms with Crippen molar-refractivity contribution in [2.24, 2.45) is 4.99 Å². The zero-order valence-corrected chi connectivity index (χ0v) is 10.8. The number of rotatable bonds is 1. The van der Waals surface area contributed by atoms with Crippen LogP contribution >= 0.6 is 11.6 Å². The Morgan fingerprint density at radius 2 is 1.89 bits per heavy atom. The number of benzene rings is 2. The zero-order chi connectivity index (χ0) is 12.5. The van der Waals surface area contributed by atoms with Gasteiger partial charge in [-0.15, -0.1) is 0 Å². The predicted octanol–water partition coefficient (Wildman–Crippen LogP) is 3.91. The van der Waals surface area contributed by atoms with Gasteiger partial charge < -0.3 is 4.90 Å². The molecule has 1 aliphatic rings. The molecule has 1 aliphatic heterocycles. The van der Waals surface area contributed by atoms with Crippen molar-refractivity contribution in [3.63, 3.8) is 0 Å². The summed E-state index contributed by atoms with van der Waals surface area (Å²) >= 11 is 6.11. The molecule has 90 valence electrons. The Morgan fingerprint density at radius 3 is 2.67 bits per heavy atom. The van der Waals surface area contributed by atoms with Crippen molar-refractivity contribution >= 4 is 23.6 Å². The smallest absolute Gasteiger partial charge is 0.104 e. The molecule has 0 saturated heterocycles. The number of anilines is 1. The van der Waals surface area contributed by atoms with Crippen molar-refractivity contribution in [3.05, 3.63) is 64.7 Å². The van der Waals surface area contributed by atoms with Gasteiger partial charge in [-0.2, -0.15) is 0 Å². The molecule has 3 heteroatoms. The largest absolute Gasteiger partial charge is 0.336 e. The molecule has 1 heterocycles. The molecule has 1 unspecified atom stereocenters. The Morgan fingerprint density at radius 1 is 1.11 bits per heavy atom. The third-order valence-corrected chi connectivity index (χ3v) is 3.40. The van der Waals surface area contributed by atoms with Crippen LogP contribution in [-0.4, -0.2) is 13.4 Å². The van der Waals surface area contributed by atoms with Crippen LogP contribution in [0, 0.1) is 0 Å². The number of nitrogens with zero attached hydrogens (tertiary/aromatic N) is 2. The summed E-state index contributed by atoms with van der Waals surface area (Å²) in [7, 11) is 2.00. The summed E-state index contributed by atoms with van der Waals surface area (Å²) in [6.45, 7) is 0. The van der Waals surface area contributed by atoms with E-state index in [1.807, 2.05) is 54.7 Å². The summed E-state index contributed by atoms with van der Waals surface area (Å²) in [6, 6.07) is 16.3. The van der Waals surface area contributed by atoms with Gasteiger partial charge >= 0.3 is 0 Å². The molecule has 2 aromatic rings. The molecular formula is C15H13ClN2. The average molecular weight is 257 g/mol. The third-order valence-electron chi connectivity index (χ3n) is 3.17. The van der Waals surface area contributed by atoms with E-state index in [-0.39, 0.29) is 6.04 Å². The van der Waals surface area contributed by atoms with Crippen LogP contribution in [0.4, 0.5) is 5.69 Å². The second-order valence-electron chi connectivity index (χ2n) is 4.39. The first-order valence-corrected chi connectivity index (χ1v) is 6.24. The van der Waals surface area contributed by atoms with Crippen LogP contribution in [0.3, 0.4) is 0 Å². The van der Waals surface area contributed by atoms with Crippen LogP contribution < -0.4 is 4.90 Å². The maximum Gasteiger partial charge on any atom is 0.104 e. The number of hydrogen-bond acceptors (Lipinski definition) is 2. The Bertz CT molecular complexity index is 593. The first-order chi connectivity index (χ1) is 8.75. The highest BCUT2D eigenvalue weighted by Crippen LogP contribution is 2.37. The van der Waals surface area contributed by atoms with Gasteiger partial charge in [0, 0.05) is 23.3 Å². The molecule has 0 radical (unpaired) electrons. The van der Waals surface area contributed by atoms with Crippen molar-refractivity contribution < 1.29 is 0 Å². The fourth-order valence-electron chi connectivity index (χ4n) is 2.28. The summed E-state index contributed by atoms with van der Waals surface area (Å²) in [6.07, 6.45) is 1.87. The fraction of sp³-hybridized carbons (Fsp3) is 0.133. The van der Waals surface area contributed by atoms with Gasteiger partial charge in [-0.25, -0.2) is 0 Å². The highest BCUT2D eigenvalue weighted by molar-refractivity contribution is 6.30. The van der Waals surface area contributed by atoms with Crippen LogP contribution in [0.2, 0.25) is 5.02 Å². The molecule has 0 saturated carbocycles. The minimum absolute atomic E-state index is 0.0381. The second kappa shape index (κ2) is 4.46. The lowest BCUT2D eigenvalue weighted by Gasteiger charge is -2.27. The van der Waals surface area contributed by atoms with E-state index < -0.39 is 0 Å². The molecule has 3 rings (SSSR count). The van der Waals surface area contributed by atoms with Gasteiger partial charge in [0.15, 0.2) is 0 Å². The van der Waals surface area contributed by atoms with Gasteiger partial charge in [-0.1, -0.05) is 41.9 Å². The number of aliphatic imine (C=N–C) groups is 1. The zero-order valence-electron chi connectivity index (χ0n) is 10.0. The average Bonchev–Trinajstić information content (AvgIpc) is 2.40. The van der Waals surface area contributed by atoms with Gasteiger partial charge in [-0.3, -0.25) is 4.99 Å². The lowest BCUT2D eigenvalue weighted by molar-refractivity contribution is 0.854. The normalized spacial score (nSPS) is 17.7. The molecule has 0 aliphatic carbocycles. The second-order valence-corrected chi connectivity index (χ2v) is 4.83. The topological polar surface area (TPSA) is 15.6 Å². The highest BCUT2D eigenvalue weighted by atomic mass is 35.5. The van der Waals surface area contributed by atoms with E-state index in [1.54, 1.807) is 0 Å². The van der Waals surface area contributed by atoms with Gasteiger partial charge in [0.05, 0.1) is 6.34 Å². The van der Waals surface area contributed by atoms with Crippen molar-refractivity contribution in [1.29, 1.82) is 0 Å². The molecule has 0 N–H and O–H groups in total. The SMILES string of the molecule is CN1C=NC(c2ccccc2)c2cc(Cl)ccc21. The van der Waals surface area contributed by atoms with Gasteiger partial charge in [0.25, 0.3) is 0 Å². The van der Waals surface area contributed by atoms with Crippen LogP contribution in [0.1, 0.15) is 17.2 Å². The molecule has 0 bridgehead atoms. The molecule has 1 atom stereocenters. The van der Waals surface area contributed by atoms with E-state index in [0.717, 1.165) is 16.3 Å². The Labute approximate surface area is 112 Å². The predicted molar refractivity (Wildman–Crippen MR) is 76.6 cm³/mol. The maximum absolute atomic E-state index is 6.11. The van der Waals surface area contributed by atoms with Crippen LogP contribution in [-0.2, 0) is 0 Å². The summed E-state index contributed by atoms with van der Waals surface area (Å²) in [5, 5.41) is 0.750. The Kier molecular flexibility index (Phi) is 2.80. The molecule has 18 heavy (non-hydrogen) atoms. The van der Waals surface area contributed by atoms with Gasteiger partial charge in [-0.05, 0) is 23.8 Å². The van der Waals surface area contributed by atoms with Crippen molar-refractivity contribution in [3.8, 4) is 0 Å². The van der Waals surface area contributed by atoms with Crippen molar-refractivity contribution in [1.82, 2.24) is 0 Å². The summed E-state index contributed by atoms with van der Waals surface area (Å²) in [4.78, 5) is 6.62. The molecule has 0 spiro atoms. The number of halogens is 1. The molecular weight excluding hydrogens is 244 g/mol.